The second-order valence-electron chi connectivity index (χ2n) is 7.90. The Morgan fingerprint density at radius 2 is 1.90 bits per heavy atom. The van der Waals surface area contributed by atoms with E-state index in [1.807, 2.05) is 19.1 Å². The van der Waals surface area contributed by atoms with E-state index in [0.717, 1.165) is 23.4 Å². The van der Waals surface area contributed by atoms with E-state index in [4.69, 9.17) is 4.74 Å². The number of carbonyl (C=O) groups is 2. The van der Waals surface area contributed by atoms with Crippen LogP contribution in [0, 0.1) is 5.92 Å². The summed E-state index contributed by atoms with van der Waals surface area (Å²) in [4.78, 5) is 25.8. The second kappa shape index (κ2) is 9.22. The molecule has 0 spiro atoms. The number of methoxy groups -OCH3 is 1. The largest absolute Gasteiger partial charge is 0.466 e. The van der Waals surface area contributed by atoms with Crippen LogP contribution >= 0.6 is 11.8 Å². The number of benzene rings is 1. The van der Waals surface area contributed by atoms with Gasteiger partial charge in [0.2, 0.25) is 5.91 Å². The van der Waals surface area contributed by atoms with E-state index in [1.165, 1.54) is 12.7 Å². The lowest BCUT2D eigenvalue weighted by Crippen LogP contribution is -2.67. The van der Waals surface area contributed by atoms with Crippen molar-refractivity contribution in [3.05, 3.63) is 46.7 Å². The van der Waals surface area contributed by atoms with Gasteiger partial charge in [-0.3, -0.25) is 10.1 Å². The normalized spacial score (nSPS) is 26.6. The van der Waals surface area contributed by atoms with Crippen LogP contribution in [0.4, 0.5) is 0 Å². The first kappa shape index (κ1) is 21.7. The average Bonchev–Trinajstić information content (AvgIpc) is 2.70. The van der Waals surface area contributed by atoms with Crippen LogP contribution < -0.4 is 16.0 Å². The topological polar surface area (TPSA) is 79.5 Å². The van der Waals surface area contributed by atoms with Crippen molar-refractivity contribution in [3.63, 3.8) is 0 Å². The lowest BCUT2D eigenvalue weighted by Gasteiger charge is -2.45. The molecule has 158 valence electrons. The van der Waals surface area contributed by atoms with Crippen molar-refractivity contribution in [2.24, 2.45) is 5.92 Å². The summed E-state index contributed by atoms with van der Waals surface area (Å²) in [5.41, 5.74) is 3.29. The second-order valence-corrected chi connectivity index (χ2v) is 9.12. The number of fused-ring (bicyclic) bond motifs is 1. The highest BCUT2D eigenvalue weighted by atomic mass is 32.2. The number of hydrogen-bond donors (Lipinski definition) is 3. The molecule has 2 aliphatic heterocycles. The van der Waals surface area contributed by atoms with Crippen molar-refractivity contribution in [1.29, 1.82) is 0 Å². The number of amides is 1. The van der Waals surface area contributed by atoms with Gasteiger partial charge in [-0.15, -0.1) is 11.8 Å². The van der Waals surface area contributed by atoms with Gasteiger partial charge in [-0.25, -0.2) is 4.79 Å². The predicted molar refractivity (Wildman–Crippen MR) is 116 cm³/mol. The number of nitrogens with one attached hydrogen (secondary N) is 3. The molecule has 1 saturated heterocycles. The van der Waals surface area contributed by atoms with Crippen LogP contribution in [-0.2, 0) is 14.3 Å². The first-order chi connectivity index (χ1) is 13.9. The molecule has 1 aromatic carbocycles. The third kappa shape index (κ3) is 4.46. The molecular weight excluding hydrogens is 386 g/mol. The molecule has 0 radical (unpaired) electrons. The maximum absolute atomic E-state index is 13.1. The molecule has 7 heteroatoms. The van der Waals surface area contributed by atoms with Crippen LogP contribution in [0.15, 0.2) is 35.5 Å². The van der Waals surface area contributed by atoms with E-state index in [0.29, 0.717) is 11.5 Å². The summed E-state index contributed by atoms with van der Waals surface area (Å²) in [5.74, 6) is 0.0923. The van der Waals surface area contributed by atoms with Gasteiger partial charge in [0.25, 0.3) is 0 Å². The Bertz CT molecular complexity index is 791. The van der Waals surface area contributed by atoms with Crippen LogP contribution in [0.2, 0.25) is 0 Å². The Kier molecular flexibility index (Phi) is 6.90. The fourth-order valence-corrected chi connectivity index (χ4v) is 4.98. The highest BCUT2D eigenvalue weighted by Gasteiger charge is 2.48. The summed E-state index contributed by atoms with van der Waals surface area (Å²) >= 11 is 1.68. The minimum atomic E-state index is -0.448. The predicted octanol–water partition coefficient (Wildman–Crippen LogP) is 3.03. The molecular formula is C22H31N3O3S. The van der Waals surface area contributed by atoms with Gasteiger partial charge in [0.05, 0.1) is 24.8 Å². The van der Waals surface area contributed by atoms with E-state index in [1.54, 1.807) is 11.8 Å². The lowest BCUT2D eigenvalue weighted by atomic mass is 9.74. The van der Waals surface area contributed by atoms with Gasteiger partial charge < -0.3 is 15.4 Å². The number of hydrogen-bond acceptors (Lipinski definition) is 6. The highest BCUT2D eigenvalue weighted by molar-refractivity contribution is 7.99. The minimum absolute atomic E-state index is 0.0540. The summed E-state index contributed by atoms with van der Waals surface area (Å²) in [7, 11) is 1.38. The van der Waals surface area contributed by atoms with E-state index >= 15 is 0 Å². The minimum Gasteiger partial charge on any atom is -0.466 e. The molecule has 1 fully saturated rings. The van der Waals surface area contributed by atoms with Crippen LogP contribution in [0.3, 0.4) is 0 Å². The molecule has 1 amide bonds. The Balaban J connectivity index is 2.00. The summed E-state index contributed by atoms with van der Waals surface area (Å²) in [6, 6.07) is 8.22. The van der Waals surface area contributed by atoms with Crippen LogP contribution in [-0.4, -0.2) is 36.4 Å². The molecule has 0 bridgehead atoms. The number of thioether (sulfide) groups is 1. The fourth-order valence-electron chi connectivity index (χ4n) is 4.06. The van der Waals surface area contributed by atoms with Gasteiger partial charge >= 0.3 is 5.97 Å². The van der Waals surface area contributed by atoms with Gasteiger partial charge in [0.1, 0.15) is 5.50 Å². The molecule has 4 unspecified atom stereocenters. The number of esters is 1. The van der Waals surface area contributed by atoms with E-state index in [9.17, 15) is 9.59 Å². The maximum Gasteiger partial charge on any atom is 0.336 e. The van der Waals surface area contributed by atoms with Gasteiger partial charge in [0, 0.05) is 11.6 Å². The monoisotopic (exact) mass is 417 g/mol. The van der Waals surface area contributed by atoms with Crippen molar-refractivity contribution in [2.45, 2.75) is 57.6 Å². The number of rotatable bonds is 6. The first-order valence-electron chi connectivity index (χ1n) is 10.2. The zero-order chi connectivity index (χ0) is 21.1. The molecule has 3 N–H and O–H groups in total. The lowest BCUT2D eigenvalue weighted by molar-refractivity contribution is -0.137. The number of ether oxygens (including phenoxy) is 1. The van der Waals surface area contributed by atoms with E-state index < -0.39 is 11.9 Å². The molecule has 0 aromatic heterocycles. The molecule has 4 atom stereocenters. The summed E-state index contributed by atoms with van der Waals surface area (Å²) in [6.45, 7) is 8.28. The standard InChI is InChI=1S/C22H31N3O3S/c1-6-11-29-22-24-19-18(20(26)25-22)17(16(13(4)23-19)21(27)28-5)15-9-7-14(8-10-15)12(2)3/h7-10,12,17-19,22-24H,6,11H2,1-5H3,(H,25,26). The SMILES string of the molecule is CCCSC1NC(=O)C2C(NC(C)=C(C(=O)OC)C2c2ccc(C(C)C)cc2)N1. The van der Waals surface area contributed by atoms with Gasteiger partial charge in [0.15, 0.2) is 0 Å². The van der Waals surface area contributed by atoms with Crippen LogP contribution in [0.25, 0.3) is 0 Å². The molecule has 29 heavy (non-hydrogen) atoms. The molecule has 2 heterocycles. The van der Waals surface area contributed by atoms with Crippen molar-refractivity contribution >= 4 is 23.6 Å². The first-order valence-corrected chi connectivity index (χ1v) is 11.3. The molecule has 6 nitrogen and oxygen atoms in total. The zero-order valence-electron chi connectivity index (χ0n) is 17.7. The van der Waals surface area contributed by atoms with E-state index in [2.05, 4.69) is 48.9 Å². The maximum atomic E-state index is 13.1. The molecule has 0 aliphatic carbocycles. The third-order valence-corrected chi connectivity index (χ3v) is 6.80. The quantitative estimate of drug-likeness (QED) is 0.618. The Morgan fingerprint density at radius 1 is 1.21 bits per heavy atom. The van der Waals surface area contributed by atoms with Gasteiger partial charge in [-0.05, 0) is 36.1 Å². The molecule has 1 aromatic rings. The van der Waals surface area contributed by atoms with Crippen LogP contribution in [0.5, 0.6) is 0 Å². The zero-order valence-corrected chi connectivity index (χ0v) is 18.6. The molecule has 0 saturated carbocycles. The van der Waals surface area contributed by atoms with Crippen molar-refractivity contribution in [2.75, 3.05) is 12.9 Å². The van der Waals surface area contributed by atoms with Crippen LogP contribution in [0.1, 0.15) is 57.1 Å². The highest BCUT2D eigenvalue weighted by Crippen LogP contribution is 2.41. The third-order valence-electron chi connectivity index (χ3n) is 5.57. The summed E-state index contributed by atoms with van der Waals surface area (Å²) in [6.07, 6.45) is 0.789. The van der Waals surface area contributed by atoms with Gasteiger partial charge in [-0.2, -0.15) is 0 Å². The molecule has 2 aliphatic rings. The van der Waals surface area contributed by atoms with E-state index in [-0.39, 0.29) is 23.5 Å². The average molecular weight is 418 g/mol. The van der Waals surface area contributed by atoms with Crippen molar-refractivity contribution in [3.8, 4) is 0 Å². The number of carbonyl (C=O) groups excluding carboxylic acids is 2. The number of allylic oxidation sites excluding steroid dienone is 1. The Labute approximate surface area is 177 Å². The molecule has 3 rings (SSSR count). The Morgan fingerprint density at radius 3 is 2.48 bits per heavy atom. The van der Waals surface area contributed by atoms with Crippen molar-refractivity contribution in [1.82, 2.24) is 16.0 Å². The van der Waals surface area contributed by atoms with Gasteiger partial charge in [-0.1, -0.05) is 45.0 Å². The summed E-state index contributed by atoms with van der Waals surface area (Å²) < 4.78 is 5.07. The Hall–Kier alpha value is -1.99. The summed E-state index contributed by atoms with van der Waals surface area (Å²) in [5, 5.41) is 9.91. The smallest absolute Gasteiger partial charge is 0.336 e. The van der Waals surface area contributed by atoms with Crippen molar-refractivity contribution < 1.29 is 14.3 Å². The fraction of sp³-hybridized carbons (Fsp3) is 0.545.